The average molecular weight is 403 g/mol. The van der Waals surface area contributed by atoms with Gasteiger partial charge in [-0.2, -0.15) is 0 Å². The van der Waals surface area contributed by atoms with E-state index in [1.54, 1.807) is 19.1 Å². The standard InChI is InChI=1S/C17H17N5O5S/c1-10-14(8-19-27-10)17(24)20-11-4-3-5-12(6-11)21-28(25,26)13-7-15(16(18)23)22(2)9-13/h3-9,21H,1-2H3,(H2,18,23)(H,20,24). The highest BCUT2D eigenvalue weighted by atomic mass is 32.2. The highest BCUT2D eigenvalue weighted by Gasteiger charge is 2.20. The van der Waals surface area contributed by atoms with Crippen LogP contribution >= 0.6 is 0 Å². The number of aromatic nitrogens is 2. The Kier molecular flexibility index (Phi) is 4.92. The zero-order valence-electron chi connectivity index (χ0n) is 15.0. The minimum atomic E-state index is -3.96. The monoisotopic (exact) mass is 403 g/mol. The number of nitrogens with two attached hydrogens (primary N) is 1. The first kappa shape index (κ1) is 19.2. The molecule has 0 aliphatic heterocycles. The molecule has 0 fully saturated rings. The van der Waals surface area contributed by atoms with Crippen molar-refractivity contribution in [2.24, 2.45) is 12.8 Å². The van der Waals surface area contributed by atoms with E-state index in [0.29, 0.717) is 11.4 Å². The molecule has 11 heteroatoms. The molecule has 146 valence electrons. The molecule has 0 aliphatic rings. The van der Waals surface area contributed by atoms with Gasteiger partial charge < -0.3 is 20.1 Å². The Morgan fingerprint density at radius 1 is 1.21 bits per heavy atom. The number of hydrogen-bond donors (Lipinski definition) is 3. The van der Waals surface area contributed by atoms with E-state index in [1.807, 2.05) is 0 Å². The fourth-order valence-corrected chi connectivity index (χ4v) is 3.63. The van der Waals surface area contributed by atoms with Gasteiger partial charge in [-0.05, 0) is 31.2 Å². The van der Waals surface area contributed by atoms with Crippen molar-refractivity contribution in [2.75, 3.05) is 10.0 Å². The summed E-state index contributed by atoms with van der Waals surface area (Å²) in [5, 5.41) is 6.18. The summed E-state index contributed by atoms with van der Waals surface area (Å²) in [7, 11) is -2.44. The third-order valence-corrected chi connectivity index (χ3v) is 5.26. The van der Waals surface area contributed by atoms with Crippen LogP contribution in [-0.4, -0.2) is 30.0 Å². The fraction of sp³-hybridized carbons (Fsp3) is 0.118. The maximum Gasteiger partial charge on any atom is 0.265 e. The third kappa shape index (κ3) is 3.88. The van der Waals surface area contributed by atoms with E-state index in [-0.39, 0.29) is 21.8 Å². The molecular formula is C17H17N5O5S. The molecule has 0 saturated carbocycles. The summed E-state index contributed by atoms with van der Waals surface area (Å²) in [5.41, 5.74) is 6.15. The second-order valence-corrected chi connectivity index (χ2v) is 7.65. The number of hydrogen-bond acceptors (Lipinski definition) is 6. The van der Waals surface area contributed by atoms with Gasteiger partial charge >= 0.3 is 0 Å². The summed E-state index contributed by atoms with van der Waals surface area (Å²) in [4.78, 5) is 23.4. The highest BCUT2D eigenvalue weighted by Crippen LogP contribution is 2.21. The Morgan fingerprint density at radius 2 is 1.93 bits per heavy atom. The first-order chi connectivity index (χ1) is 13.2. The van der Waals surface area contributed by atoms with Gasteiger partial charge in [0.1, 0.15) is 21.9 Å². The maximum absolute atomic E-state index is 12.6. The minimum absolute atomic E-state index is 0.0606. The summed E-state index contributed by atoms with van der Waals surface area (Å²) >= 11 is 0. The molecule has 0 saturated heterocycles. The molecule has 0 atom stereocenters. The lowest BCUT2D eigenvalue weighted by Crippen LogP contribution is -2.15. The Labute approximate surface area is 160 Å². The molecule has 0 radical (unpaired) electrons. The van der Waals surface area contributed by atoms with Crippen molar-refractivity contribution in [3.63, 3.8) is 0 Å². The Balaban J connectivity index is 1.80. The number of nitrogens with one attached hydrogen (secondary N) is 2. The van der Waals surface area contributed by atoms with Crippen molar-refractivity contribution in [2.45, 2.75) is 11.8 Å². The number of amides is 2. The van der Waals surface area contributed by atoms with E-state index in [9.17, 15) is 18.0 Å². The third-order valence-electron chi connectivity index (χ3n) is 3.91. The zero-order chi connectivity index (χ0) is 20.5. The van der Waals surface area contributed by atoms with Gasteiger partial charge in [-0.15, -0.1) is 0 Å². The average Bonchev–Trinajstić information content (AvgIpc) is 3.21. The molecule has 2 amide bonds. The summed E-state index contributed by atoms with van der Waals surface area (Å²) in [6.07, 6.45) is 2.58. The lowest BCUT2D eigenvalue weighted by atomic mass is 10.2. The van der Waals surface area contributed by atoms with E-state index in [4.69, 9.17) is 10.3 Å². The molecule has 10 nitrogen and oxygen atoms in total. The molecule has 4 N–H and O–H groups in total. The SMILES string of the molecule is Cc1oncc1C(=O)Nc1cccc(NS(=O)(=O)c2cc(C(N)=O)n(C)c2)c1. The lowest BCUT2D eigenvalue weighted by molar-refractivity contribution is 0.0990. The molecule has 0 aliphatic carbocycles. The number of anilines is 2. The van der Waals surface area contributed by atoms with E-state index < -0.39 is 21.8 Å². The summed E-state index contributed by atoms with van der Waals surface area (Å²) in [6.45, 7) is 1.60. The van der Waals surface area contributed by atoms with Crippen LogP contribution in [0.15, 0.2) is 52.1 Å². The summed E-state index contributed by atoms with van der Waals surface area (Å²) in [5.74, 6) is -0.811. The van der Waals surface area contributed by atoms with Crippen LogP contribution in [0.5, 0.6) is 0 Å². The fourth-order valence-electron chi connectivity index (χ4n) is 2.52. The maximum atomic E-state index is 12.6. The van der Waals surface area contributed by atoms with Crippen molar-refractivity contribution in [1.82, 2.24) is 9.72 Å². The molecule has 0 spiro atoms. The summed E-state index contributed by atoms with van der Waals surface area (Å²) in [6, 6.07) is 7.34. The van der Waals surface area contributed by atoms with Gasteiger partial charge in [-0.25, -0.2) is 8.42 Å². The van der Waals surface area contributed by atoms with Crippen molar-refractivity contribution >= 4 is 33.2 Å². The topological polar surface area (TPSA) is 149 Å². The molecular weight excluding hydrogens is 386 g/mol. The molecule has 28 heavy (non-hydrogen) atoms. The van der Waals surface area contributed by atoms with Crippen LogP contribution < -0.4 is 15.8 Å². The molecule has 0 bridgehead atoms. The van der Waals surface area contributed by atoms with E-state index >= 15 is 0 Å². The van der Waals surface area contributed by atoms with Crippen LogP contribution in [0.3, 0.4) is 0 Å². The van der Waals surface area contributed by atoms with Crippen LogP contribution in [0.4, 0.5) is 11.4 Å². The van der Waals surface area contributed by atoms with E-state index in [1.165, 1.54) is 42.2 Å². The number of primary amides is 1. The number of benzene rings is 1. The second kappa shape index (κ2) is 7.19. The molecule has 0 unspecified atom stereocenters. The molecule has 2 heterocycles. The van der Waals surface area contributed by atoms with Crippen LogP contribution in [0, 0.1) is 6.92 Å². The van der Waals surface area contributed by atoms with Gasteiger partial charge in [0.15, 0.2) is 0 Å². The second-order valence-electron chi connectivity index (χ2n) is 5.97. The van der Waals surface area contributed by atoms with Crippen molar-refractivity contribution in [1.29, 1.82) is 0 Å². The first-order valence-corrected chi connectivity index (χ1v) is 9.47. The Hall–Kier alpha value is -3.60. The van der Waals surface area contributed by atoms with E-state index in [2.05, 4.69) is 15.2 Å². The number of carbonyl (C=O) groups excluding carboxylic acids is 2. The van der Waals surface area contributed by atoms with Gasteiger partial charge in [0.05, 0.1) is 11.9 Å². The van der Waals surface area contributed by atoms with Crippen LogP contribution in [0.25, 0.3) is 0 Å². The number of aryl methyl sites for hydroxylation is 2. The molecule has 2 aromatic heterocycles. The minimum Gasteiger partial charge on any atom is -0.364 e. The quantitative estimate of drug-likeness (QED) is 0.567. The van der Waals surface area contributed by atoms with Gasteiger partial charge in [0.25, 0.3) is 21.8 Å². The highest BCUT2D eigenvalue weighted by molar-refractivity contribution is 7.92. The molecule has 3 rings (SSSR count). The first-order valence-electron chi connectivity index (χ1n) is 7.99. The van der Waals surface area contributed by atoms with Gasteiger partial charge in [-0.1, -0.05) is 11.2 Å². The number of rotatable bonds is 6. The largest absolute Gasteiger partial charge is 0.364 e. The lowest BCUT2D eigenvalue weighted by Gasteiger charge is -2.09. The number of carbonyl (C=O) groups is 2. The Morgan fingerprint density at radius 3 is 2.54 bits per heavy atom. The number of sulfonamides is 1. The van der Waals surface area contributed by atoms with Crippen molar-refractivity contribution < 1.29 is 22.5 Å². The van der Waals surface area contributed by atoms with E-state index in [0.717, 1.165) is 0 Å². The number of nitrogens with zero attached hydrogens (tertiary/aromatic N) is 2. The van der Waals surface area contributed by atoms with Crippen LogP contribution in [0.1, 0.15) is 26.6 Å². The van der Waals surface area contributed by atoms with Gasteiger partial charge in [-0.3, -0.25) is 14.3 Å². The van der Waals surface area contributed by atoms with Gasteiger partial charge in [0, 0.05) is 18.9 Å². The zero-order valence-corrected chi connectivity index (χ0v) is 15.8. The predicted molar refractivity (Wildman–Crippen MR) is 100 cm³/mol. The summed E-state index contributed by atoms with van der Waals surface area (Å²) < 4.78 is 33.7. The Bertz CT molecular complexity index is 1160. The smallest absolute Gasteiger partial charge is 0.265 e. The van der Waals surface area contributed by atoms with Gasteiger partial charge in [0.2, 0.25) is 0 Å². The van der Waals surface area contributed by atoms with Crippen molar-refractivity contribution in [3.05, 3.63) is 59.7 Å². The normalized spacial score (nSPS) is 11.2. The molecule has 3 aromatic rings. The molecule has 1 aromatic carbocycles. The van der Waals surface area contributed by atoms with Crippen LogP contribution in [-0.2, 0) is 17.1 Å². The van der Waals surface area contributed by atoms with Crippen molar-refractivity contribution in [3.8, 4) is 0 Å². The van der Waals surface area contributed by atoms with Crippen LogP contribution in [0.2, 0.25) is 0 Å². The predicted octanol–water partition coefficient (Wildman–Crippen LogP) is 1.47.